The molecule has 2 fully saturated rings. The third-order valence-corrected chi connectivity index (χ3v) is 8.23. The highest BCUT2D eigenvalue weighted by molar-refractivity contribution is 7.89. The molecule has 1 aromatic carbocycles. The van der Waals surface area contributed by atoms with Gasteiger partial charge in [-0.25, -0.2) is 8.42 Å². The van der Waals surface area contributed by atoms with Gasteiger partial charge < -0.3 is 14.5 Å². The van der Waals surface area contributed by atoms with Crippen molar-refractivity contribution in [3.8, 4) is 5.75 Å². The van der Waals surface area contributed by atoms with Gasteiger partial charge >= 0.3 is 0 Å². The maximum Gasteiger partial charge on any atom is 0.243 e. The van der Waals surface area contributed by atoms with Gasteiger partial charge in [-0.15, -0.1) is 0 Å². The predicted octanol–water partition coefficient (Wildman–Crippen LogP) is 2.46. The van der Waals surface area contributed by atoms with Crippen LogP contribution in [0.5, 0.6) is 5.75 Å². The van der Waals surface area contributed by atoms with Crippen LogP contribution in [0.1, 0.15) is 46.0 Å². The molecular formula is C21H31N3O4S. The lowest BCUT2D eigenvalue weighted by Crippen LogP contribution is -2.48. The standard InChI is InChI=1S/C21H31N3O4S/c1-16-15-24(17(2)25)20-7-6-19(14-21(20)28-16)29(26,27)23-12-8-18(9-13-23)22-10-4-3-5-11-22/h6-7,14,16,18H,3-5,8-13,15H2,1-2H3. The molecule has 8 heteroatoms. The number of ether oxygens (including phenoxy) is 1. The second-order valence-corrected chi connectivity index (χ2v) is 10.4. The smallest absolute Gasteiger partial charge is 0.243 e. The topological polar surface area (TPSA) is 70.2 Å². The first-order valence-electron chi connectivity index (χ1n) is 10.7. The van der Waals surface area contributed by atoms with Crippen molar-refractivity contribution in [3.63, 3.8) is 0 Å². The summed E-state index contributed by atoms with van der Waals surface area (Å²) in [4.78, 5) is 16.4. The first-order chi connectivity index (χ1) is 13.9. The number of rotatable bonds is 3. The number of hydrogen-bond acceptors (Lipinski definition) is 5. The summed E-state index contributed by atoms with van der Waals surface area (Å²) in [5.74, 6) is 0.389. The molecule has 1 aromatic rings. The Morgan fingerprint density at radius 1 is 1.07 bits per heavy atom. The molecule has 3 heterocycles. The zero-order valence-electron chi connectivity index (χ0n) is 17.3. The number of piperidine rings is 2. The Bertz CT molecular complexity index is 859. The third-order valence-electron chi connectivity index (χ3n) is 6.34. The number of fused-ring (bicyclic) bond motifs is 1. The number of carbonyl (C=O) groups is 1. The van der Waals surface area contributed by atoms with Gasteiger partial charge in [0, 0.05) is 32.1 Å². The fraction of sp³-hybridized carbons (Fsp3) is 0.667. The van der Waals surface area contributed by atoms with E-state index in [1.165, 1.54) is 26.2 Å². The van der Waals surface area contributed by atoms with Crippen LogP contribution >= 0.6 is 0 Å². The number of benzene rings is 1. The van der Waals surface area contributed by atoms with Crippen molar-refractivity contribution < 1.29 is 17.9 Å². The molecule has 0 spiro atoms. The second kappa shape index (κ2) is 8.24. The highest BCUT2D eigenvalue weighted by Gasteiger charge is 2.33. The van der Waals surface area contributed by atoms with Crippen molar-refractivity contribution >= 4 is 21.6 Å². The summed E-state index contributed by atoms with van der Waals surface area (Å²) in [6.07, 6.45) is 5.41. The lowest BCUT2D eigenvalue weighted by molar-refractivity contribution is -0.117. The van der Waals surface area contributed by atoms with E-state index in [0.29, 0.717) is 37.1 Å². The molecule has 4 rings (SSSR count). The van der Waals surface area contributed by atoms with Crippen molar-refractivity contribution in [1.82, 2.24) is 9.21 Å². The zero-order chi connectivity index (χ0) is 20.6. The minimum atomic E-state index is -3.57. The van der Waals surface area contributed by atoms with Crippen molar-refractivity contribution in [3.05, 3.63) is 18.2 Å². The Morgan fingerprint density at radius 2 is 1.76 bits per heavy atom. The molecule has 3 aliphatic rings. The fourth-order valence-corrected chi connectivity index (χ4v) is 6.25. The molecule has 1 atom stereocenters. The van der Waals surface area contributed by atoms with E-state index in [2.05, 4.69) is 4.90 Å². The van der Waals surface area contributed by atoms with Gasteiger partial charge in [0.05, 0.1) is 17.1 Å². The molecule has 0 bridgehead atoms. The van der Waals surface area contributed by atoms with E-state index in [-0.39, 0.29) is 16.9 Å². The van der Waals surface area contributed by atoms with Crippen LogP contribution in [0.4, 0.5) is 5.69 Å². The highest BCUT2D eigenvalue weighted by Crippen LogP contribution is 2.36. The molecule has 160 valence electrons. The van der Waals surface area contributed by atoms with E-state index in [1.54, 1.807) is 27.4 Å². The van der Waals surface area contributed by atoms with Crippen LogP contribution in [-0.2, 0) is 14.8 Å². The second-order valence-electron chi connectivity index (χ2n) is 8.42. The number of likely N-dealkylation sites (tertiary alicyclic amines) is 1. The molecule has 0 N–H and O–H groups in total. The maximum atomic E-state index is 13.2. The number of carbonyl (C=O) groups excluding carboxylic acids is 1. The van der Waals surface area contributed by atoms with Gasteiger partial charge in [0.15, 0.2) is 0 Å². The Labute approximate surface area is 173 Å². The average molecular weight is 422 g/mol. The predicted molar refractivity (Wildman–Crippen MR) is 112 cm³/mol. The lowest BCUT2D eigenvalue weighted by atomic mass is 10.0. The molecule has 0 radical (unpaired) electrons. The minimum absolute atomic E-state index is 0.0724. The van der Waals surface area contributed by atoms with Gasteiger partial charge in [0.1, 0.15) is 11.9 Å². The van der Waals surface area contributed by atoms with Crippen molar-refractivity contribution in [2.24, 2.45) is 0 Å². The van der Waals surface area contributed by atoms with Crippen LogP contribution in [0, 0.1) is 0 Å². The molecule has 7 nitrogen and oxygen atoms in total. The Balaban J connectivity index is 1.49. The Kier molecular flexibility index (Phi) is 5.86. The number of amides is 1. The first-order valence-corrected chi connectivity index (χ1v) is 12.1. The van der Waals surface area contributed by atoms with Gasteiger partial charge in [-0.2, -0.15) is 4.31 Å². The normalized spacial score (nSPS) is 24.8. The zero-order valence-corrected chi connectivity index (χ0v) is 18.2. The van der Waals surface area contributed by atoms with E-state index in [4.69, 9.17) is 4.74 Å². The number of anilines is 1. The van der Waals surface area contributed by atoms with E-state index < -0.39 is 10.0 Å². The monoisotopic (exact) mass is 421 g/mol. The number of nitrogens with zero attached hydrogens (tertiary/aromatic N) is 3. The highest BCUT2D eigenvalue weighted by atomic mass is 32.2. The molecule has 29 heavy (non-hydrogen) atoms. The summed E-state index contributed by atoms with van der Waals surface area (Å²) in [6.45, 7) is 7.26. The van der Waals surface area contributed by atoms with Crippen LogP contribution in [0.25, 0.3) is 0 Å². The van der Waals surface area contributed by atoms with Crippen LogP contribution in [0.15, 0.2) is 23.1 Å². The first kappa shape index (κ1) is 20.6. The SMILES string of the molecule is CC(=O)N1CC(C)Oc2cc(S(=O)(=O)N3CCC(N4CCCCC4)CC3)ccc21. The summed E-state index contributed by atoms with van der Waals surface area (Å²) in [5, 5.41) is 0. The maximum absolute atomic E-state index is 13.2. The summed E-state index contributed by atoms with van der Waals surface area (Å²) in [6, 6.07) is 5.36. The van der Waals surface area contributed by atoms with Crippen LogP contribution in [-0.4, -0.2) is 68.4 Å². The molecule has 0 aliphatic carbocycles. The summed E-state index contributed by atoms with van der Waals surface area (Å²) in [5.41, 5.74) is 0.637. The van der Waals surface area contributed by atoms with Gasteiger partial charge in [0.25, 0.3) is 0 Å². The Morgan fingerprint density at radius 3 is 2.41 bits per heavy atom. The largest absolute Gasteiger partial charge is 0.487 e. The van der Waals surface area contributed by atoms with Gasteiger partial charge in [-0.3, -0.25) is 4.79 Å². The van der Waals surface area contributed by atoms with E-state index in [9.17, 15) is 13.2 Å². The van der Waals surface area contributed by atoms with Crippen molar-refractivity contribution in [2.75, 3.05) is 37.6 Å². The van der Waals surface area contributed by atoms with E-state index >= 15 is 0 Å². The average Bonchev–Trinajstić information content (AvgIpc) is 2.73. The summed E-state index contributed by atoms with van der Waals surface area (Å²) < 4.78 is 33.9. The number of hydrogen-bond donors (Lipinski definition) is 0. The van der Waals surface area contributed by atoms with Gasteiger partial charge in [-0.1, -0.05) is 6.42 Å². The van der Waals surface area contributed by atoms with Crippen molar-refractivity contribution in [2.45, 2.75) is 63.0 Å². The van der Waals surface area contributed by atoms with Crippen LogP contribution in [0.2, 0.25) is 0 Å². The fourth-order valence-electron chi connectivity index (χ4n) is 4.76. The quantitative estimate of drug-likeness (QED) is 0.750. The van der Waals surface area contributed by atoms with Gasteiger partial charge in [-0.05, 0) is 57.8 Å². The molecule has 1 unspecified atom stereocenters. The van der Waals surface area contributed by atoms with E-state index in [1.807, 2.05) is 6.92 Å². The molecule has 0 aromatic heterocycles. The van der Waals surface area contributed by atoms with Crippen molar-refractivity contribution in [1.29, 1.82) is 0 Å². The molecular weight excluding hydrogens is 390 g/mol. The minimum Gasteiger partial charge on any atom is -0.487 e. The molecule has 0 saturated carbocycles. The van der Waals surface area contributed by atoms with Gasteiger partial charge in [0.2, 0.25) is 15.9 Å². The summed E-state index contributed by atoms with van der Waals surface area (Å²) in [7, 11) is -3.57. The molecule has 1 amide bonds. The summed E-state index contributed by atoms with van der Waals surface area (Å²) >= 11 is 0. The number of sulfonamides is 1. The third kappa shape index (κ3) is 4.15. The molecule has 2 saturated heterocycles. The van der Waals surface area contributed by atoms with Crippen LogP contribution < -0.4 is 9.64 Å². The molecule has 3 aliphatic heterocycles. The lowest BCUT2D eigenvalue weighted by Gasteiger charge is -2.39. The Hall–Kier alpha value is -1.64. The van der Waals surface area contributed by atoms with Crippen LogP contribution in [0.3, 0.4) is 0 Å². The van der Waals surface area contributed by atoms with E-state index in [0.717, 1.165) is 25.9 Å².